The molecule has 2 unspecified atom stereocenters. The predicted octanol–water partition coefficient (Wildman–Crippen LogP) is 9.03. The molecule has 276 valence electrons. The minimum Gasteiger partial charge on any atom is -0.390 e. The van der Waals surface area contributed by atoms with E-state index in [2.05, 4.69) is 72.3 Å². The summed E-state index contributed by atoms with van der Waals surface area (Å²) >= 11 is 0. The van der Waals surface area contributed by atoms with E-state index in [0.29, 0.717) is 13.1 Å². The summed E-state index contributed by atoms with van der Waals surface area (Å²) in [5.74, 6) is 0. The SMILES string of the molecule is CCCCC/C=C\C/C=C/CCCCCCCCN(CC(O)CN)CN(CCCCCC/C=C/C/C=C\CCCCC)CC(O)CN. The quantitative estimate of drug-likeness (QED) is 0.0304. The van der Waals surface area contributed by atoms with Gasteiger partial charge in [-0.2, -0.15) is 0 Å². The van der Waals surface area contributed by atoms with E-state index in [1.165, 1.54) is 109 Å². The van der Waals surface area contributed by atoms with Crippen molar-refractivity contribution in [1.82, 2.24) is 9.80 Å². The second kappa shape index (κ2) is 37.5. The molecule has 0 fully saturated rings. The van der Waals surface area contributed by atoms with E-state index in [0.717, 1.165) is 51.9 Å². The van der Waals surface area contributed by atoms with Crippen LogP contribution in [-0.2, 0) is 0 Å². The lowest BCUT2D eigenvalue weighted by atomic mass is 10.1. The van der Waals surface area contributed by atoms with Crippen LogP contribution in [0.4, 0.5) is 0 Å². The van der Waals surface area contributed by atoms with Gasteiger partial charge in [0.25, 0.3) is 0 Å². The molecule has 0 aliphatic heterocycles. The maximum absolute atomic E-state index is 10.3. The first-order chi connectivity index (χ1) is 23.1. The molecule has 0 saturated heterocycles. The highest BCUT2D eigenvalue weighted by molar-refractivity contribution is 4.93. The Labute approximate surface area is 292 Å². The highest BCUT2D eigenvalue weighted by Gasteiger charge is 2.17. The molecule has 0 aromatic carbocycles. The van der Waals surface area contributed by atoms with Gasteiger partial charge >= 0.3 is 0 Å². The second-order valence-corrected chi connectivity index (χ2v) is 13.5. The van der Waals surface area contributed by atoms with E-state index in [1.807, 2.05) is 0 Å². The monoisotopic (exact) mass is 661 g/mol. The molecule has 0 heterocycles. The van der Waals surface area contributed by atoms with Gasteiger partial charge in [-0.05, 0) is 90.1 Å². The predicted molar refractivity (Wildman–Crippen MR) is 208 cm³/mol. The highest BCUT2D eigenvalue weighted by Crippen LogP contribution is 2.11. The minimum atomic E-state index is -0.524. The molecule has 0 aromatic rings. The molecule has 0 radical (unpaired) electrons. The van der Waals surface area contributed by atoms with Gasteiger partial charge in [-0.3, -0.25) is 9.80 Å². The molecule has 0 aliphatic carbocycles. The Hall–Kier alpha value is -1.28. The summed E-state index contributed by atoms with van der Waals surface area (Å²) in [5, 5.41) is 20.7. The molecule has 47 heavy (non-hydrogen) atoms. The van der Waals surface area contributed by atoms with Crippen LogP contribution in [-0.4, -0.2) is 78.2 Å². The molecular formula is C41H80N4O2. The third kappa shape index (κ3) is 34.4. The van der Waals surface area contributed by atoms with Crippen LogP contribution in [0.5, 0.6) is 0 Å². The van der Waals surface area contributed by atoms with E-state index in [4.69, 9.17) is 11.5 Å². The minimum absolute atomic E-state index is 0.272. The lowest BCUT2D eigenvalue weighted by molar-refractivity contribution is 0.0459. The van der Waals surface area contributed by atoms with Crippen molar-refractivity contribution in [2.45, 2.75) is 167 Å². The Morgan fingerprint density at radius 3 is 1.11 bits per heavy atom. The van der Waals surface area contributed by atoms with Crippen molar-refractivity contribution in [2.24, 2.45) is 11.5 Å². The second-order valence-electron chi connectivity index (χ2n) is 13.5. The smallest absolute Gasteiger partial charge is 0.0789 e. The van der Waals surface area contributed by atoms with Crippen molar-refractivity contribution in [3.8, 4) is 0 Å². The van der Waals surface area contributed by atoms with Crippen molar-refractivity contribution in [3.63, 3.8) is 0 Å². The van der Waals surface area contributed by atoms with Crippen LogP contribution in [0, 0.1) is 0 Å². The molecule has 0 saturated carbocycles. The first kappa shape index (κ1) is 45.7. The van der Waals surface area contributed by atoms with Crippen LogP contribution in [0.2, 0.25) is 0 Å². The number of nitrogens with two attached hydrogens (primary N) is 2. The molecule has 0 bridgehead atoms. The van der Waals surface area contributed by atoms with Gasteiger partial charge in [-0.15, -0.1) is 0 Å². The average Bonchev–Trinajstić information content (AvgIpc) is 3.07. The third-order valence-electron chi connectivity index (χ3n) is 8.73. The Balaban J connectivity index is 4.30. The summed E-state index contributed by atoms with van der Waals surface area (Å²) in [4.78, 5) is 4.65. The molecule has 6 N–H and O–H groups in total. The Kier molecular flexibility index (Phi) is 36.5. The molecule has 0 spiro atoms. The number of aliphatic hydroxyl groups excluding tert-OH is 2. The fraction of sp³-hybridized carbons (Fsp3) is 0.805. The Morgan fingerprint density at radius 1 is 0.447 bits per heavy atom. The fourth-order valence-electron chi connectivity index (χ4n) is 5.76. The molecular weight excluding hydrogens is 580 g/mol. The van der Waals surface area contributed by atoms with Crippen molar-refractivity contribution >= 4 is 0 Å². The molecule has 0 aliphatic rings. The summed E-state index contributed by atoms with van der Waals surface area (Å²) in [7, 11) is 0. The van der Waals surface area contributed by atoms with E-state index < -0.39 is 12.2 Å². The topological polar surface area (TPSA) is 99.0 Å². The first-order valence-corrected chi connectivity index (χ1v) is 19.9. The number of unbranched alkanes of at least 4 members (excludes halogenated alkanes) is 16. The maximum atomic E-state index is 10.3. The van der Waals surface area contributed by atoms with Gasteiger partial charge in [-0.1, -0.05) is 127 Å². The first-order valence-electron chi connectivity index (χ1n) is 19.9. The number of allylic oxidation sites excluding steroid dienone is 8. The molecule has 6 nitrogen and oxygen atoms in total. The van der Waals surface area contributed by atoms with Crippen LogP contribution in [0.1, 0.15) is 155 Å². The fourth-order valence-corrected chi connectivity index (χ4v) is 5.76. The number of hydrogen-bond donors (Lipinski definition) is 4. The van der Waals surface area contributed by atoms with Crippen molar-refractivity contribution in [3.05, 3.63) is 48.6 Å². The van der Waals surface area contributed by atoms with E-state index in [1.54, 1.807) is 0 Å². The summed E-state index contributed by atoms with van der Waals surface area (Å²) in [6.07, 6.45) is 44.5. The van der Waals surface area contributed by atoms with Gasteiger partial charge in [-0.25, -0.2) is 0 Å². The van der Waals surface area contributed by atoms with Gasteiger partial charge in [0.15, 0.2) is 0 Å². The van der Waals surface area contributed by atoms with E-state index in [9.17, 15) is 10.2 Å². The van der Waals surface area contributed by atoms with Crippen molar-refractivity contribution in [2.75, 3.05) is 45.9 Å². The standard InChI is InChI=1S/C41H80N4O2/c1-3-5-7-9-11-13-15-17-19-20-22-24-26-28-30-32-34-45(38-41(47)36-43)39-44(37-40(46)35-42)33-31-29-27-25-23-21-18-16-14-12-10-8-6-4-2/h11-14,17-19,21,40-41,46-47H,3-10,15-16,20,22-39,42-43H2,1-2H3/b13-11-,14-12-,19-17+,21-18+. The normalized spacial score (nSPS) is 14.0. The summed E-state index contributed by atoms with van der Waals surface area (Å²) in [6, 6.07) is 0. The third-order valence-corrected chi connectivity index (χ3v) is 8.73. The van der Waals surface area contributed by atoms with E-state index >= 15 is 0 Å². The van der Waals surface area contributed by atoms with Gasteiger partial charge in [0.05, 0.1) is 18.9 Å². The zero-order chi connectivity index (χ0) is 34.5. The lowest BCUT2D eigenvalue weighted by Crippen LogP contribution is -2.47. The average molecular weight is 661 g/mol. The molecule has 0 rings (SSSR count). The largest absolute Gasteiger partial charge is 0.390 e. The summed E-state index contributed by atoms with van der Waals surface area (Å²) < 4.78 is 0. The Morgan fingerprint density at radius 2 is 0.766 bits per heavy atom. The van der Waals surface area contributed by atoms with Crippen molar-refractivity contribution < 1.29 is 10.2 Å². The van der Waals surface area contributed by atoms with Crippen LogP contribution in [0.3, 0.4) is 0 Å². The van der Waals surface area contributed by atoms with Crippen LogP contribution < -0.4 is 11.5 Å². The van der Waals surface area contributed by atoms with E-state index in [-0.39, 0.29) is 13.1 Å². The maximum Gasteiger partial charge on any atom is 0.0789 e. The molecule has 0 aromatic heterocycles. The van der Waals surface area contributed by atoms with Crippen molar-refractivity contribution in [1.29, 1.82) is 0 Å². The van der Waals surface area contributed by atoms with Crippen LogP contribution in [0.25, 0.3) is 0 Å². The summed E-state index contributed by atoms with van der Waals surface area (Å²) in [5.41, 5.74) is 11.5. The molecule has 2 atom stereocenters. The molecule has 6 heteroatoms. The lowest BCUT2D eigenvalue weighted by Gasteiger charge is -2.33. The summed E-state index contributed by atoms with van der Waals surface area (Å²) in [6.45, 7) is 8.82. The van der Waals surface area contributed by atoms with Gasteiger partial charge in [0.1, 0.15) is 0 Å². The zero-order valence-corrected chi connectivity index (χ0v) is 31.2. The zero-order valence-electron chi connectivity index (χ0n) is 31.2. The van der Waals surface area contributed by atoms with Crippen LogP contribution in [0.15, 0.2) is 48.6 Å². The number of rotatable bonds is 36. The van der Waals surface area contributed by atoms with Gasteiger partial charge in [0, 0.05) is 26.2 Å². The van der Waals surface area contributed by atoms with Crippen LogP contribution >= 0.6 is 0 Å². The Bertz CT molecular complexity index is 739. The number of hydrogen-bond acceptors (Lipinski definition) is 6. The molecule has 0 amide bonds. The number of aliphatic hydroxyl groups is 2. The highest BCUT2D eigenvalue weighted by atomic mass is 16.3. The number of nitrogens with zero attached hydrogens (tertiary/aromatic N) is 2. The van der Waals surface area contributed by atoms with Gasteiger partial charge in [0.2, 0.25) is 0 Å². The van der Waals surface area contributed by atoms with Gasteiger partial charge < -0.3 is 21.7 Å².